The smallest absolute Gasteiger partial charge is 0.251 e. The zero-order chi connectivity index (χ0) is 24.7. The first-order valence-electron chi connectivity index (χ1n) is 10.6. The Morgan fingerprint density at radius 1 is 1.00 bits per heavy atom. The van der Waals surface area contributed by atoms with Crippen LogP contribution in [0.2, 0.25) is 0 Å². The summed E-state index contributed by atoms with van der Waals surface area (Å²) in [4.78, 5) is 12.9. The number of anilines is 1. The number of hydrogen-bond donors (Lipinski definition) is 1. The van der Waals surface area contributed by atoms with E-state index < -0.39 is 15.8 Å². The van der Waals surface area contributed by atoms with Gasteiger partial charge in [-0.25, -0.2) is 12.8 Å². The number of nitrogens with zero attached hydrogens (tertiary/aromatic N) is 1. The van der Waals surface area contributed by atoms with Crippen molar-refractivity contribution in [3.05, 3.63) is 89.2 Å². The molecule has 0 radical (unpaired) electrons. The molecular weight excluding hydrogens is 459 g/mol. The third kappa shape index (κ3) is 6.26. The highest BCUT2D eigenvalue weighted by Gasteiger charge is 2.21. The van der Waals surface area contributed by atoms with Gasteiger partial charge in [0.05, 0.1) is 32.2 Å². The van der Waals surface area contributed by atoms with Gasteiger partial charge < -0.3 is 14.8 Å². The molecular formula is C25H27FN2O5S. The van der Waals surface area contributed by atoms with Crippen LogP contribution in [0.1, 0.15) is 28.4 Å². The lowest BCUT2D eigenvalue weighted by molar-refractivity contribution is 0.0950. The average Bonchev–Trinajstić information content (AvgIpc) is 2.82. The van der Waals surface area contributed by atoms with E-state index in [0.29, 0.717) is 34.9 Å². The second kappa shape index (κ2) is 11.0. The van der Waals surface area contributed by atoms with Crippen molar-refractivity contribution in [2.75, 3.05) is 24.3 Å². The summed E-state index contributed by atoms with van der Waals surface area (Å²) in [5.74, 6) is 0.321. The van der Waals surface area contributed by atoms with Gasteiger partial charge >= 0.3 is 0 Å². The number of hydrogen-bond acceptors (Lipinski definition) is 5. The molecule has 180 valence electrons. The molecule has 0 unspecified atom stereocenters. The predicted molar refractivity (Wildman–Crippen MR) is 129 cm³/mol. The summed E-state index contributed by atoms with van der Waals surface area (Å²) in [5.41, 5.74) is 1.98. The predicted octanol–water partition coefficient (Wildman–Crippen LogP) is 4.13. The Balaban J connectivity index is 1.88. The van der Waals surface area contributed by atoms with Crippen LogP contribution in [-0.2, 0) is 23.1 Å². The third-order valence-electron chi connectivity index (χ3n) is 5.08. The Hall–Kier alpha value is -3.59. The van der Waals surface area contributed by atoms with E-state index in [1.807, 2.05) is 31.2 Å². The van der Waals surface area contributed by atoms with Crippen LogP contribution in [0, 0.1) is 5.82 Å². The Labute approximate surface area is 199 Å². The lowest BCUT2D eigenvalue weighted by Gasteiger charge is -2.24. The van der Waals surface area contributed by atoms with E-state index in [-0.39, 0.29) is 19.0 Å². The number of ether oxygens (including phenoxy) is 2. The Morgan fingerprint density at radius 2 is 1.71 bits per heavy atom. The molecule has 0 atom stereocenters. The lowest BCUT2D eigenvalue weighted by atomic mass is 10.1. The van der Waals surface area contributed by atoms with Crippen LogP contribution in [0.4, 0.5) is 10.1 Å². The first-order valence-corrected chi connectivity index (χ1v) is 12.5. The van der Waals surface area contributed by atoms with Crippen LogP contribution in [0.3, 0.4) is 0 Å². The summed E-state index contributed by atoms with van der Waals surface area (Å²) in [5, 5.41) is 2.86. The van der Waals surface area contributed by atoms with Gasteiger partial charge in [-0.05, 0) is 55.5 Å². The maximum atomic E-state index is 13.4. The fourth-order valence-corrected chi connectivity index (χ4v) is 4.31. The van der Waals surface area contributed by atoms with Crippen molar-refractivity contribution in [3.8, 4) is 11.5 Å². The molecule has 0 saturated carbocycles. The zero-order valence-electron chi connectivity index (χ0n) is 19.2. The fourth-order valence-electron chi connectivity index (χ4n) is 3.43. The summed E-state index contributed by atoms with van der Waals surface area (Å²) in [6.45, 7) is 2.34. The normalized spacial score (nSPS) is 11.1. The van der Waals surface area contributed by atoms with Gasteiger partial charge in [-0.2, -0.15) is 0 Å². The fraction of sp³-hybridized carbons (Fsp3) is 0.240. The molecule has 9 heteroatoms. The molecule has 3 aromatic rings. The molecule has 0 bridgehead atoms. The highest BCUT2D eigenvalue weighted by molar-refractivity contribution is 7.92. The summed E-state index contributed by atoms with van der Waals surface area (Å²) in [6.07, 6.45) is 1.07. The van der Waals surface area contributed by atoms with Crippen molar-refractivity contribution in [1.29, 1.82) is 0 Å². The average molecular weight is 487 g/mol. The molecule has 1 N–H and O–H groups in total. The van der Waals surface area contributed by atoms with Gasteiger partial charge in [0, 0.05) is 23.2 Å². The molecule has 0 aliphatic heterocycles. The molecule has 0 aliphatic rings. The topological polar surface area (TPSA) is 84.9 Å². The highest BCUT2D eigenvalue weighted by Crippen LogP contribution is 2.27. The molecule has 7 nitrogen and oxygen atoms in total. The van der Waals surface area contributed by atoms with E-state index in [1.54, 1.807) is 25.3 Å². The minimum Gasteiger partial charge on any atom is -0.496 e. The zero-order valence-corrected chi connectivity index (χ0v) is 20.1. The summed E-state index contributed by atoms with van der Waals surface area (Å²) in [7, 11) is -2.14. The minimum absolute atomic E-state index is 0.0899. The van der Waals surface area contributed by atoms with Crippen LogP contribution in [0.25, 0.3) is 0 Å². The quantitative estimate of drug-likeness (QED) is 0.466. The summed E-state index contributed by atoms with van der Waals surface area (Å²) >= 11 is 0. The molecule has 3 rings (SSSR count). The molecule has 0 aromatic heterocycles. The maximum absolute atomic E-state index is 13.4. The number of halogens is 1. The minimum atomic E-state index is -3.71. The van der Waals surface area contributed by atoms with Crippen LogP contribution in [-0.4, -0.2) is 34.3 Å². The molecule has 0 heterocycles. The van der Waals surface area contributed by atoms with Crippen LogP contribution < -0.4 is 19.1 Å². The Kier molecular flexibility index (Phi) is 8.12. The number of carbonyl (C=O) groups excluding carboxylic acids is 1. The number of para-hydroxylation sites is 1. The summed E-state index contributed by atoms with van der Waals surface area (Å²) < 4.78 is 50.6. The van der Waals surface area contributed by atoms with Gasteiger partial charge in [0.1, 0.15) is 17.3 Å². The first kappa shape index (κ1) is 25.0. The Morgan fingerprint density at radius 3 is 2.35 bits per heavy atom. The van der Waals surface area contributed by atoms with E-state index in [9.17, 15) is 17.6 Å². The molecule has 0 fully saturated rings. The first-order chi connectivity index (χ1) is 16.2. The third-order valence-corrected chi connectivity index (χ3v) is 6.22. The molecule has 0 spiro atoms. The number of carbonyl (C=O) groups is 1. The van der Waals surface area contributed by atoms with Crippen molar-refractivity contribution < 1.29 is 27.1 Å². The van der Waals surface area contributed by atoms with Crippen molar-refractivity contribution in [1.82, 2.24) is 5.32 Å². The van der Waals surface area contributed by atoms with Crippen LogP contribution in [0.15, 0.2) is 66.7 Å². The van der Waals surface area contributed by atoms with Gasteiger partial charge in [-0.3, -0.25) is 9.10 Å². The largest absolute Gasteiger partial charge is 0.496 e. The van der Waals surface area contributed by atoms with Gasteiger partial charge in [-0.1, -0.05) is 18.2 Å². The number of rotatable bonds is 10. The van der Waals surface area contributed by atoms with Gasteiger partial charge in [0.25, 0.3) is 5.91 Å². The lowest BCUT2D eigenvalue weighted by Crippen LogP contribution is -2.30. The number of methoxy groups -OCH3 is 1. The second-order valence-electron chi connectivity index (χ2n) is 7.50. The molecule has 1 amide bonds. The molecule has 34 heavy (non-hydrogen) atoms. The number of sulfonamides is 1. The van der Waals surface area contributed by atoms with Gasteiger partial charge in [-0.15, -0.1) is 0 Å². The number of amides is 1. The van der Waals surface area contributed by atoms with Crippen LogP contribution in [0.5, 0.6) is 11.5 Å². The van der Waals surface area contributed by atoms with Gasteiger partial charge in [0.2, 0.25) is 10.0 Å². The molecule has 0 aliphatic carbocycles. The Bertz CT molecular complexity index is 1250. The van der Waals surface area contributed by atoms with Crippen molar-refractivity contribution in [3.63, 3.8) is 0 Å². The van der Waals surface area contributed by atoms with Crippen molar-refractivity contribution in [2.45, 2.75) is 20.0 Å². The molecule has 0 saturated heterocycles. The molecule has 3 aromatic carbocycles. The van der Waals surface area contributed by atoms with E-state index in [4.69, 9.17) is 9.47 Å². The van der Waals surface area contributed by atoms with Crippen LogP contribution >= 0.6 is 0 Å². The maximum Gasteiger partial charge on any atom is 0.251 e. The second-order valence-corrected chi connectivity index (χ2v) is 9.40. The standard InChI is InChI=1S/C25H27FN2O5S/c1-4-33-24-14-9-18(25(29)27-16-19-7-5-6-8-23(19)32-2)15-20(24)17-28(34(3,30)31)22-12-10-21(26)11-13-22/h5-15H,4,16-17H2,1-3H3,(H,27,29). The van der Waals surface area contributed by atoms with E-state index >= 15 is 0 Å². The van der Waals surface area contributed by atoms with E-state index in [0.717, 1.165) is 16.1 Å². The van der Waals surface area contributed by atoms with E-state index in [1.165, 1.54) is 24.3 Å². The number of benzene rings is 3. The highest BCUT2D eigenvalue weighted by atomic mass is 32.2. The van der Waals surface area contributed by atoms with Crippen molar-refractivity contribution >= 4 is 21.6 Å². The summed E-state index contributed by atoms with van der Waals surface area (Å²) in [6, 6.07) is 17.4. The van der Waals surface area contributed by atoms with Crippen molar-refractivity contribution in [2.24, 2.45) is 0 Å². The van der Waals surface area contributed by atoms with Gasteiger partial charge in [0.15, 0.2) is 0 Å². The number of nitrogens with one attached hydrogen (secondary N) is 1. The van der Waals surface area contributed by atoms with E-state index in [2.05, 4.69) is 5.32 Å². The monoisotopic (exact) mass is 486 g/mol. The SMILES string of the molecule is CCOc1ccc(C(=O)NCc2ccccc2OC)cc1CN(c1ccc(F)cc1)S(C)(=O)=O.